The van der Waals surface area contributed by atoms with Crippen molar-refractivity contribution in [1.82, 2.24) is 4.90 Å². The van der Waals surface area contributed by atoms with Crippen LogP contribution in [0.3, 0.4) is 0 Å². The second kappa shape index (κ2) is 11.8. The number of nitrogens with one attached hydrogen (secondary N) is 1. The van der Waals surface area contributed by atoms with Gasteiger partial charge in [-0.05, 0) is 73.9 Å². The van der Waals surface area contributed by atoms with Gasteiger partial charge in [0.1, 0.15) is 0 Å². The van der Waals surface area contributed by atoms with E-state index >= 15 is 0 Å². The molecule has 0 spiro atoms. The number of unbranched alkanes of at least 4 members (excludes halogenated alkanes) is 1. The molecule has 0 radical (unpaired) electrons. The van der Waals surface area contributed by atoms with Crippen molar-refractivity contribution in [2.24, 2.45) is 5.92 Å². The van der Waals surface area contributed by atoms with Crippen LogP contribution in [0.15, 0.2) is 52.3 Å². The number of carbonyl (C=O) groups is 2. The highest BCUT2D eigenvalue weighted by molar-refractivity contribution is 7.98. The largest absolute Gasteiger partial charge is 0.462 e. The molecule has 7 nitrogen and oxygen atoms in total. The summed E-state index contributed by atoms with van der Waals surface area (Å²) in [6, 6.07) is 10.7. The van der Waals surface area contributed by atoms with Crippen molar-refractivity contribution >= 4 is 39.3 Å². The quantitative estimate of drug-likeness (QED) is 0.292. The molecule has 0 aliphatic carbocycles. The van der Waals surface area contributed by atoms with Crippen molar-refractivity contribution in [1.29, 1.82) is 0 Å². The van der Waals surface area contributed by atoms with Crippen molar-refractivity contribution in [3.05, 3.63) is 53.6 Å². The Morgan fingerprint density at radius 3 is 2.41 bits per heavy atom. The van der Waals surface area contributed by atoms with Crippen LogP contribution in [0.25, 0.3) is 0 Å². The van der Waals surface area contributed by atoms with Crippen molar-refractivity contribution in [3.8, 4) is 0 Å². The number of hydrogen-bond acceptors (Lipinski definition) is 6. The zero-order valence-electron chi connectivity index (χ0n) is 19.9. The molecule has 0 aromatic heterocycles. The van der Waals surface area contributed by atoms with E-state index in [1.165, 1.54) is 48.2 Å². The van der Waals surface area contributed by atoms with Crippen LogP contribution in [-0.2, 0) is 14.8 Å². The van der Waals surface area contributed by atoms with Crippen LogP contribution in [0.4, 0.5) is 5.69 Å². The number of anilines is 1. The van der Waals surface area contributed by atoms with Gasteiger partial charge in [0.25, 0.3) is 15.9 Å². The van der Waals surface area contributed by atoms with Crippen molar-refractivity contribution in [3.63, 3.8) is 0 Å². The summed E-state index contributed by atoms with van der Waals surface area (Å²) >= 11 is 1.42. The molecule has 1 heterocycles. The van der Waals surface area contributed by atoms with Gasteiger partial charge in [0.05, 0.1) is 22.6 Å². The molecular weight excluding hydrogens is 472 g/mol. The van der Waals surface area contributed by atoms with E-state index in [4.69, 9.17) is 4.74 Å². The molecule has 1 fully saturated rings. The van der Waals surface area contributed by atoms with Gasteiger partial charge >= 0.3 is 5.97 Å². The third kappa shape index (κ3) is 6.54. The van der Waals surface area contributed by atoms with Gasteiger partial charge in [-0.3, -0.25) is 9.52 Å². The van der Waals surface area contributed by atoms with Gasteiger partial charge in [0.15, 0.2) is 0 Å². The third-order valence-corrected chi connectivity index (χ3v) is 8.06. The number of amides is 1. The van der Waals surface area contributed by atoms with Crippen LogP contribution in [0.2, 0.25) is 0 Å². The highest BCUT2D eigenvalue weighted by atomic mass is 32.2. The summed E-state index contributed by atoms with van der Waals surface area (Å²) in [5.41, 5.74) is 1.07. The summed E-state index contributed by atoms with van der Waals surface area (Å²) in [6.45, 7) is 5.89. The van der Waals surface area contributed by atoms with E-state index in [1.807, 2.05) is 13.2 Å². The fraction of sp³-hybridized carbons (Fsp3) is 0.440. The lowest BCUT2D eigenvalue weighted by Crippen LogP contribution is -2.38. The maximum Gasteiger partial charge on any atom is 0.338 e. The van der Waals surface area contributed by atoms with Crippen molar-refractivity contribution in [2.75, 3.05) is 30.7 Å². The Morgan fingerprint density at radius 1 is 1.12 bits per heavy atom. The van der Waals surface area contributed by atoms with Crippen LogP contribution in [0, 0.1) is 5.92 Å². The summed E-state index contributed by atoms with van der Waals surface area (Å²) in [5.74, 6) is 0.00887. The van der Waals surface area contributed by atoms with E-state index in [-0.39, 0.29) is 10.8 Å². The van der Waals surface area contributed by atoms with Crippen molar-refractivity contribution < 1.29 is 22.7 Å². The Balaban J connectivity index is 1.76. The predicted molar refractivity (Wildman–Crippen MR) is 135 cm³/mol. The molecule has 1 N–H and O–H groups in total. The average molecular weight is 505 g/mol. The fourth-order valence-corrected chi connectivity index (χ4v) is 5.34. The highest BCUT2D eigenvalue weighted by Crippen LogP contribution is 2.28. The smallest absolute Gasteiger partial charge is 0.338 e. The number of esters is 1. The van der Waals surface area contributed by atoms with Crippen LogP contribution in [-0.4, -0.2) is 51.1 Å². The molecule has 1 amide bonds. The molecular formula is C25H32N2O5S2. The van der Waals surface area contributed by atoms with Crippen LogP contribution >= 0.6 is 11.8 Å². The number of ether oxygens (including phenoxy) is 1. The normalized spacial score (nSPS) is 14.6. The second-order valence-corrected chi connectivity index (χ2v) is 11.0. The SMILES string of the molecule is CCCCOC(=O)c1ccc(NS(=O)(=O)c2ccc(SC)c(C(=O)N3CCC(C)CC3)c2)cc1. The van der Waals surface area contributed by atoms with Crippen LogP contribution < -0.4 is 4.72 Å². The van der Waals surface area contributed by atoms with Gasteiger partial charge in [0.2, 0.25) is 0 Å². The summed E-state index contributed by atoms with van der Waals surface area (Å²) in [7, 11) is -3.93. The maximum absolute atomic E-state index is 13.2. The highest BCUT2D eigenvalue weighted by Gasteiger charge is 2.25. The third-order valence-electron chi connectivity index (χ3n) is 5.89. The number of thioether (sulfide) groups is 1. The molecule has 9 heteroatoms. The monoisotopic (exact) mass is 504 g/mol. The van der Waals surface area contributed by atoms with E-state index in [0.717, 1.165) is 30.6 Å². The average Bonchev–Trinajstić information content (AvgIpc) is 2.84. The number of carbonyl (C=O) groups excluding carboxylic acids is 2. The van der Waals surface area contributed by atoms with E-state index in [1.54, 1.807) is 11.0 Å². The predicted octanol–water partition coefficient (Wildman–Crippen LogP) is 5.04. The minimum Gasteiger partial charge on any atom is -0.462 e. The number of hydrogen-bond donors (Lipinski definition) is 1. The molecule has 0 saturated carbocycles. The van der Waals surface area contributed by atoms with Crippen molar-refractivity contribution in [2.45, 2.75) is 49.3 Å². The van der Waals surface area contributed by atoms with Gasteiger partial charge in [-0.25, -0.2) is 13.2 Å². The Kier molecular flexibility index (Phi) is 9.02. The molecule has 0 unspecified atom stereocenters. The number of piperidine rings is 1. The van der Waals surface area contributed by atoms with Gasteiger partial charge in [0, 0.05) is 23.7 Å². The Labute approximate surface area is 206 Å². The van der Waals surface area contributed by atoms with Gasteiger partial charge in [-0.1, -0.05) is 20.3 Å². The molecule has 0 atom stereocenters. The van der Waals surface area contributed by atoms with Gasteiger partial charge < -0.3 is 9.64 Å². The first-order valence-electron chi connectivity index (χ1n) is 11.5. The first kappa shape index (κ1) is 26.1. The standard InChI is InChI=1S/C25H32N2O5S2/c1-4-5-16-32-25(29)19-6-8-20(9-7-19)26-34(30,31)21-10-11-23(33-3)22(17-21)24(28)27-14-12-18(2)13-15-27/h6-11,17-18,26H,4-5,12-16H2,1-3H3. The maximum atomic E-state index is 13.2. The zero-order chi connectivity index (χ0) is 24.7. The van der Waals surface area contributed by atoms with E-state index in [9.17, 15) is 18.0 Å². The van der Waals surface area contributed by atoms with Crippen LogP contribution in [0.1, 0.15) is 60.2 Å². The second-order valence-electron chi connectivity index (χ2n) is 8.51. The lowest BCUT2D eigenvalue weighted by Gasteiger charge is -2.30. The van der Waals surface area contributed by atoms with E-state index in [0.29, 0.717) is 42.4 Å². The fourth-order valence-electron chi connectivity index (χ4n) is 3.68. The number of nitrogens with zero attached hydrogens (tertiary/aromatic N) is 1. The summed E-state index contributed by atoms with van der Waals surface area (Å²) in [4.78, 5) is 27.8. The Morgan fingerprint density at radius 2 is 1.79 bits per heavy atom. The minimum atomic E-state index is -3.93. The molecule has 1 saturated heterocycles. The molecule has 0 bridgehead atoms. The summed E-state index contributed by atoms with van der Waals surface area (Å²) in [5, 5.41) is 0. The number of likely N-dealkylation sites (tertiary alicyclic amines) is 1. The van der Waals surface area contributed by atoms with Crippen LogP contribution in [0.5, 0.6) is 0 Å². The molecule has 1 aliphatic heterocycles. The molecule has 3 rings (SSSR count). The Bertz CT molecular complexity index is 1110. The molecule has 184 valence electrons. The molecule has 2 aromatic rings. The number of sulfonamides is 1. The first-order valence-corrected chi connectivity index (χ1v) is 14.2. The molecule has 1 aliphatic rings. The summed E-state index contributed by atoms with van der Waals surface area (Å²) < 4.78 is 33.8. The summed E-state index contributed by atoms with van der Waals surface area (Å²) in [6.07, 6.45) is 5.48. The zero-order valence-corrected chi connectivity index (χ0v) is 21.5. The number of rotatable bonds is 9. The van der Waals surface area contributed by atoms with E-state index in [2.05, 4.69) is 11.6 Å². The first-order chi connectivity index (χ1) is 16.2. The van der Waals surface area contributed by atoms with E-state index < -0.39 is 16.0 Å². The molecule has 2 aromatic carbocycles. The lowest BCUT2D eigenvalue weighted by molar-refractivity contribution is 0.0499. The minimum absolute atomic E-state index is 0.0158. The van der Waals surface area contributed by atoms with Gasteiger partial charge in [-0.15, -0.1) is 11.8 Å². The molecule has 34 heavy (non-hydrogen) atoms. The Hall–Kier alpha value is -2.52. The van der Waals surface area contributed by atoms with Gasteiger partial charge in [-0.2, -0.15) is 0 Å². The topological polar surface area (TPSA) is 92.8 Å². The number of benzene rings is 2. The lowest BCUT2D eigenvalue weighted by atomic mass is 9.98.